The SMILES string of the molecule is C[C@@H]([C@H](O)c1ccccc1)N(C)C[C@H]1C[C@@H](c2ccc(CO)cc2)O[C@@H](c2cccc(-c3cccc(CN4C(=O)c5ccccc5C4=O)c3)c2)O1. The van der Waals surface area contributed by atoms with E-state index in [0.29, 0.717) is 24.1 Å². The predicted octanol–water partition coefficient (Wildman–Crippen LogP) is 7.24. The third-order valence-electron chi connectivity index (χ3n) is 10.0. The van der Waals surface area contributed by atoms with Crippen molar-refractivity contribution in [3.05, 3.63) is 166 Å². The maximum atomic E-state index is 13.0. The van der Waals surface area contributed by atoms with Gasteiger partial charge in [0.25, 0.3) is 11.8 Å². The molecule has 0 unspecified atom stereocenters. The molecule has 0 saturated carbocycles. The van der Waals surface area contributed by atoms with Gasteiger partial charge in [-0.25, -0.2) is 0 Å². The van der Waals surface area contributed by atoms with Gasteiger partial charge in [-0.15, -0.1) is 0 Å². The van der Waals surface area contributed by atoms with E-state index in [4.69, 9.17) is 9.47 Å². The standard InChI is InChI=1S/C43H42N2O6/c1-28(40(47)32-11-4-3-5-12-32)44(2)26-36-24-39(31-20-18-29(27-46)19-21-31)51-43(50-36)35-15-9-14-34(23-35)33-13-8-10-30(22-33)25-45-41(48)37-16-6-7-17-38(37)42(45)49/h3-23,28,36,39-40,43,46-47H,24-27H2,1-2H3/t28-,36+,39-,40-,43-/m0/s1. The topological polar surface area (TPSA) is 99.5 Å². The number of ether oxygens (including phenoxy) is 2. The average molecular weight is 683 g/mol. The summed E-state index contributed by atoms with van der Waals surface area (Å²) in [6.07, 6.45) is -1.15. The van der Waals surface area contributed by atoms with Crippen molar-refractivity contribution in [2.45, 2.75) is 57.1 Å². The van der Waals surface area contributed by atoms with Gasteiger partial charge in [0.05, 0.1) is 42.6 Å². The molecule has 0 aromatic heterocycles. The zero-order valence-electron chi connectivity index (χ0n) is 28.8. The van der Waals surface area contributed by atoms with Crippen LogP contribution in [-0.2, 0) is 22.6 Å². The molecule has 8 heteroatoms. The van der Waals surface area contributed by atoms with Crippen LogP contribution in [0.5, 0.6) is 0 Å². The summed E-state index contributed by atoms with van der Waals surface area (Å²) < 4.78 is 13.3. The normalized spacial score (nSPS) is 20.0. The van der Waals surface area contributed by atoms with Crippen LogP contribution in [0.1, 0.15) is 80.4 Å². The smallest absolute Gasteiger partial charge is 0.261 e. The fraction of sp³-hybridized carbons (Fsp3) is 0.256. The molecule has 8 nitrogen and oxygen atoms in total. The predicted molar refractivity (Wildman–Crippen MR) is 194 cm³/mol. The Hall–Kier alpha value is -4.96. The quantitative estimate of drug-likeness (QED) is 0.142. The number of carbonyl (C=O) groups excluding carboxylic acids is 2. The summed E-state index contributed by atoms with van der Waals surface area (Å²) in [7, 11) is 2.01. The van der Waals surface area contributed by atoms with Crippen molar-refractivity contribution < 1.29 is 29.3 Å². The number of aliphatic hydroxyl groups excluding tert-OH is 2. The van der Waals surface area contributed by atoms with Gasteiger partial charge in [0.1, 0.15) is 0 Å². The number of imide groups is 1. The lowest BCUT2D eigenvalue weighted by atomic mass is 9.97. The van der Waals surface area contributed by atoms with Gasteiger partial charge in [-0.2, -0.15) is 0 Å². The number of hydrogen-bond donors (Lipinski definition) is 2. The first-order valence-corrected chi connectivity index (χ1v) is 17.4. The van der Waals surface area contributed by atoms with Crippen molar-refractivity contribution in [1.82, 2.24) is 9.80 Å². The maximum Gasteiger partial charge on any atom is 0.261 e. The van der Waals surface area contributed by atoms with E-state index in [1.54, 1.807) is 24.3 Å². The fourth-order valence-corrected chi connectivity index (χ4v) is 6.97. The van der Waals surface area contributed by atoms with Crippen molar-refractivity contribution in [3.63, 3.8) is 0 Å². The Bertz CT molecular complexity index is 1960. The molecule has 5 aromatic carbocycles. The second-order valence-corrected chi connectivity index (χ2v) is 13.5. The molecule has 2 amide bonds. The van der Waals surface area contributed by atoms with Gasteiger partial charge in [-0.05, 0) is 71.6 Å². The highest BCUT2D eigenvalue weighted by Crippen LogP contribution is 2.39. The van der Waals surface area contributed by atoms with E-state index in [-0.39, 0.29) is 43.2 Å². The number of hydrogen-bond acceptors (Lipinski definition) is 7. The van der Waals surface area contributed by atoms with Crippen LogP contribution in [0.25, 0.3) is 11.1 Å². The largest absolute Gasteiger partial charge is 0.392 e. The zero-order valence-corrected chi connectivity index (χ0v) is 28.8. The first-order chi connectivity index (χ1) is 24.8. The zero-order chi connectivity index (χ0) is 35.5. The molecule has 1 saturated heterocycles. The van der Waals surface area contributed by atoms with Gasteiger partial charge in [-0.3, -0.25) is 19.4 Å². The molecule has 2 aliphatic rings. The van der Waals surface area contributed by atoms with E-state index >= 15 is 0 Å². The number of aliphatic hydroxyl groups is 2. The van der Waals surface area contributed by atoms with E-state index in [2.05, 4.69) is 11.0 Å². The van der Waals surface area contributed by atoms with Crippen molar-refractivity contribution in [2.75, 3.05) is 13.6 Å². The number of nitrogens with zero attached hydrogens (tertiary/aromatic N) is 2. The first kappa shape index (κ1) is 34.5. The maximum absolute atomic E-state index is 13.0. The summed E-state index contributed by atoms with van der Waals surface area (Å²) in [6.45, 7) is 2.75. The summed E-state index contributed by atoms with van der Waals surface area (Å²) in [5.41, 5.74) is 7.18. The van der Waals surface area contributed by atoms with E-state index in [1.807, 2.05) is 111 Å². The molecule has 2 aliphatic heterocycles. The summed E-state index contributed by atoms with van der Waals surface area (Å²) >= 11 is 0. The van der Waals surface area contributed by atoms with E-state index in [0.717, 1.165) is 38.9 Å². The minimum atomic E-state index is -0.657. The van der Waals surface area contributed by atoms with Crippen molar-refractivity contribution in [3.8, 4) is 11.1 Å². The molecular formula is C43H42N2O6. The van der Waals surface area contributed by atoms with Crippen LogP contribution in [0.4, 0.5) is 0 Å². The Labute approximate surface area is 298 Å². The van der Waals surface area contributed by atoms with Crippen LogP contribution in [0.15, 0.2) is 127 Å². The number of rotatable bonds is 11. The minimum absolute atomic E-state index is 0.0289. The second-order valence-electron chi connectivity index (χ2n) is 13.5. The number of carbonyl (C=O) groups is 2. The van der Waals surface area contributed by atoms with E-state index in [9.17, 15) is 19.8 Å². The molecule has 1 fully saturated rings. The van der Waals surface area contributed by atoms with Crippen LogP contribution in [0, 0.1) is 0 Å². The van der Waals surface area contributed by atoms with Crippen LogP contribution in [-0.4, -0.2) is 57.6 Å². The lowest BCUT2D eigenvalue weighted by Gasteiger charge is -2.39. The number of amides is 2. The monoisotopic (exact) mass is 682 g/mol. The Morgan fingerprint density at radius 2 is 1.39 bits per heavy atom. The van der Waals surface area contributed by atoms with E-state index in [1.165, 1.54) is 4.90 Å². The molecule has 2 heterocycles. The van der Waals surface area contributed by atoms with Crippen molar-refractivity contribution >= 4 is 11.8 Å². The fourth-order valence-electron chi connectivity index (χ4n) is 6.97. The molecule has 0 radical (unpaired) electrons. The molecule has 0 spiro atoms. The van der Waals surface area contributed by atoms with Crippen molar-refractivity contribution in [1.29, 1.82) is 0 Å². The summed E-state index contributed by atoms with van der Waals surface area (Å²) in [6, 6.07) is 40.2. The van der Waals surface area contributed by atoms with Gasteiger partial charge >= 0.3 is 0 Å². The molecular weight excluding hydrogens is 640 g/mol. The Morgan fingerprint density at radius 1 is 0.745 bits per heavy atom. The first-order valence-electron chi connectivity index (χ1n) is 17.4. The van der Waals surface area contributed by atoms with Crippen molar-refractivity contribution in [2.24, 2.45) is 0 Å². The molecule has 260 valence electrons. The highest BCUT2D eigenvalue weighted by Gasteiger charge is 2.36. The Kier molecular flexibility index (Phi) is 10.2. The lowest BCUT2D eigenvalue weighted by Crippen LogP contribution is -2.43. The van der Waals surface area contributed by atoms with E-state index < -0.39 is 12.4 Å². The highest BCUT2D eigenvalue weighted by molar-refractivity contribution is 6.21. The molecule has 0 bridgehead atoms. The highest BCUT2D eigenvalue weighted by atomic mass is 16.7. The molecule has 2 N–H and O–H groups in total. The summed E-state index contributed by atoms with van der Waals surface area (Å²) in [5.74, 6) is -0.557. The molecule has 0 aliphatic carbocycles. The van der Waals surface area contributed by atoms with Crippen LogP contribution in [0.3, 0.4) is 0 Å². The molecule has 51 heavy (non-hydrogen) atoms. The summed E-state index contributed by atoms with van der Waals surface area (Å²) in [5, 5.41) is 20.7. The van der Waals surface area contributed by atoms with Gasteiger partial charge in [0.2, 0.25) is 0 Å². The Balaban J connectivity index is 1.11. The number of likely N-dealkylation sites (N-methyl/N-ethyl adjacent to an activating group) is 1. The number of fused-ring (bicyclic) bond motifs is 1. The second kappa shape index (κ2) is 15.1. The summed E-state index contributed by atoms with van der Waals surface area (Å²) in [4.78, 5) is 29.5. The van der Waals surface area contributed by atoms with Crippen LogP contribution >= 0.6 is 0 Å². The Morgan fingerprint density at radius 3 is 2.08 bits per heavy atom. The van der Waals surface area contributed by atoms with Crippen LogP contribution < -0.4 is 0 Å². The van der Waals surface area contributed by atoms with Gasteiger partial charge < -0.3 is 19.7 Å². The van der Waals surface area contributed by atoms with Gasteiger partial charge in [0.15, 0.2) is 6.29 Å². The van der Waals surface area contributed by atoms with Gasteiger partial charge in [0, 0.05) is 24.6 Å². The lowest BCUT2D eigenvalue weighted by molar-refractivity contribution is -0.253. The molecule has 5 atom stereocenters. The third kappa shape index (κ3) is 7.42. The third-order valence-corrected chi connectivity index (χ3v) is 10.0. The molecule has 7 rings (SSSR count). The average Bonchev–Trinajstić information content (AvgIpc) is 3.42. The van der Waals surface area contributed by atoms with Crippen LogP contribution in [0.2, 0.25) is 0 Å². The molecule has 5 aromatic rings. The van der Waals surface area contributed by atoms with Gasteiger partial charge in [-0.1, -0.05) is 103 Å². The number of benzene rings is 5. The minimum Gasteiger partial charge on any atom is -0.392 e.